The van der Waals surface area contributed by atoms with Gasteiger partial charge in [0.25, 0.3) is 0 Å². The van der Waals surface area contributed by atoms with E-state index in [2.05, 4.69) is 28.1 Å². The van der Waals surface area contributed by atoms with E-state index in [1.807, 2.05) is 0 Å². The molecule has 174 valence electrons. The molecule has 3 unspecified atom stereocenters. The molecule has 21 heteroatoms. The predicted molar refractivity (Wildman–Crippen MR) is 97.4 cm³/mol. The molecule has 1 fully saturated rings. The normalized spacial score (nSPS) is 28.5. The Kier molecular flexibility index (Phi) is 6.68. The van der Waals surface area contributed by atoms with Crippen LogP contribution in [0, 0.1) is 0 Å². The van der Waals surface area contributed by atoms with Crippen molar-refractivity contribution < 1.29 is 56.3 Å². The summed E-state index contributed by atoms with van der Waals surface area (Å²) < 4.78 is 52.3. The third-order valence-corrected chi connectivity index (χ3v) is 7.70. The molecule has 0 spiro atoms. The number of phosphoric acid groups is 3. The SMILES string of the molecule is Nc1ncnc2c1ncn2[C@@H]1O[C@H](COP(=O)(O)OP(=O)(O)OP(=O)(O)O)[C@H](O)C1N. The van der Waals surface area contributed by atoms with Gasteiger partial charge in [-0.25, -0.2) is 28.6 Å². The van der Waals surface area contributed by atoms with Crippen LogP contribution in [0.2, 0.25) is 0 Å². The second kappa shape index (κ2) is 8.53. The van der Waals surface area contributed by atoms with E-state index in [1.165, 1.54) is 17.2 Å². The molecule has 0 saturated carbocycles. The van der Waals surface area contributed by atoms with Crippen molar-refractivity contribution in [3.63, 3.8) is 0 Å². The Morgan fingerprint density at radius 3 is 2.42 bits per heavy atom. The lowest BCUT2D eigenvalue weighted by Crippen LogP contribution is -2.40. The van der Waals surface area contributed by atoms with Crippen LogP contribution >= 0.6 is 23.5 Å². The highest BCUT2D eigenvalue weighted by Gasteiger charge is 2.46. The Morgan fingerprint density at radius 2 is 1.77 bits per heavy atom. The van der Waals surface area contributed by atoms with Crippen molar-refractivity contribution in [3.05, 3.63) is 12.7 Å². The average Bonchev–Trinajstić information content (AvgIpc) is 3.13. The van der Waals surface area contributed by atoms with E-state index in [1.54, 1.807) is 0 Å². The monoisotopic (exact) mass is 506 g/mol. The van der Waals surface area contributed by atoms with Crippen molar-refractivity contribution in [1.82, 2.24) is 19.5 Å². The lowest BCUT2D eigenvalue weighted by Gasteiger charge is -2.19. The molecule has 0 amide bonds. The number of hydrogen-bond donors (Lipinski definition) is 7. The molecule has 3 rings (SSSR count). The van der Waals surface area contributed by atoms with Gasteiger partial charge in [0, 0.05) is 0 Å². The Labute approximate surface area is 172 Å². The van der Waals surface area contributed by atoms with Crippen molar-refractivity contribution in [1.29, 1.82) is 0 Å². The van der Waals surface area contributed by atoms with Crippen LogP contribution in [0.4, 0.5) is 5.82 Å². The molecule has 31 heavy (non-hydrogen) atoms. The zero-order valence-electron chi connectivity index (χ0n) is 15.1. The molecule has 2 aromatic rings. The van der Waals surface area contributed by atoms with E-state index < -0.39 is 54.6 Å². The van der Waals surface area contributed by atoms with Gasteiger partial charge in [-0.1, -0.05) is 0 Å². The Balaban J connectivity index is 1.69. The van der Waals surface area contributed by atoms with E-state index in [4.69, 9.17) is 30.9 Å². The zero-order chi connectivity index (χ0) is 23.2. The number of phosphoric ester groups is 1. The quantitative estimate of drug-likeness (QED) is 0.197. The van der Waals surface area contributed by atoms with Gasteiger partial charge in [0.05, 0.1) is 19.0 Å². The summed E-state index contributed by atoms with van der Waals surface area (Å²) in [6, 6.07) is -1.09. The highest BCUT2D eigenvalue weighted by atomic mass is 31.3. The summed E-state index contributed by atoms with van der Waals surface area (Å²) in [7, 11) is -16.6. The molecule has 9 N–H and O–H groups in total. The van der Waals surface area contributed by atoms with E-state index in [0.717, 1.165) is 0 Å². The van der Waals surface area contributed by atoms with Crippen LogP contribution < -0.4 is 11.5 Å². The first kappa shape index (κ1) is 24.3. The first-order chi connectivity index (χ1) is 14.2. The van der Waals surface area contributed by atoms with Crippen molar-refractivity contribution in [3.8, 4) is 0 Å². The van der Waals surface area contributed by atoms with Crippen LogP contribution in [0.15, 0.2) is 12.7 Å². The van der Waals surface area contributed by atoms with Gasteiger partial charge in [-0.15, -0.1) is 0 Å². The molecular weight excluding hydrogens is 489 g/mol. The third kappa shape index (κ3) is 5.71. The number of nitrogens with zero attached hydrogens (tertiary/aromatic N) is 4. The predicted octanol–water partition coefficient (Wildman–Crippen LogP) is -1.66. The third-order valence-electron chi connectivity index (χ3n) is 3.90. The fraction of sp³-hybridized carbons (Fsp3) is 0.500. The minimum absolute atomic E-state index is 0.0834. The largest absolute Gasteiger partial charge is 0.490 e. The molecule has 0 radical (unpaired) electrons. The van der Waals surface area contributed by atoms with Crippen LogP contribution in [0.3, 0.4) is 0 Å². The second-order valence-electron chi connectivity index (χ2n) is 6.10. The number of aliphatic hydroxyl groups excluding tert-OH is 1. The maximum atomic E-state index is 11.8. The minimum Gasteiger partial charge on any atom is -0.389 e. The molecule has 1 aliphatic rings. The highest BCUT2D eigenvalue weighted by Crippen LogP contribution is 2.66. The van der Waals surface area contributed by atoms with Crippen LogP contribution in [0.25, 0.3) is 11.2 Å². The zero-order valence-corrected chi connectivity index (χ0v) is 17.7. The van der Waals surface area contributed by atoms with Gasteiger partial charge in [0.2, 0.25) is 0 Å². The van der Waals surface area contributed by atoms with Gasteiger partial charge in [0.1, 0.15) is 24.1 Å². The molecule has 0 aliphatic carbocycles. The summed E-state index contributed by atoms with van der Waals surface area (Å²) >= 11 is 0. The standard InChI is InChI=1S/C10H17N6O12P3/c11-5-7(17)4(1-25-30(21,22)28-31(23,24)27-29(18,19)20)26-10(5)16-3-15-6-8(12)13-2-14-9(6)16/h2-5,7,10,17H,1,11H2,(H,21,22)(H,23,24)(H2,12,13,14)(H2,18,19,20)/t4-,5?,7+,10-/m1/s1. The molecule has 0 bridgehead atoms. The Hall–Kier alpha value is -1.36. The summed E-state index contributed by atoms with van der Waals surface area (Å²) in [5.41, 5.74) is 12.1. The number of aromatic nitrogens is 4. The lowest BCUT2D eigenvalue weighted by atomic mass is 10.1. The summed E-state index contributed by atoms with van der Waals surface area (Å²) in [5.74, 6) is 0.0834. The maximum Gasteiger partial charge on any atom is 0.490 e. The minimum atomic E-state index is -5.68. The summed E-state index contributed by atoms with van der Waals surface area (Å²) in [6.07, 6.45) is -1.41. The van der Waals surface area contributed by atoms with Crippen molar-refractivity contribution in [2.24, 2.45) is 5.73 Å². The van der Waals surface area contributed by atoms with Gasteiger partial charge >= 0.3 is 23.5 Å². The van der Waals surface area contributed by atoms with Gasteiger partial charge in [0.15, 0.2) is 17.7 Å². The summed E-state index contributed by atoms with van der Waals surface area (Å²) in [6.45, 7) is -0.876. The number of hydrogen-bond acceptors (Lipinski definition) is 13. The number of nitrogen functional groups attached to an aromatic ring is 1. The maximum absolute atomic E-state index is 11.8. The van der Waals surface area contributed by atoms with E-state index in [0.29, 0.717) is 0 Å². The first-order valence-corrected chi connectivity index (χ1v) is 12.5. The molecule has 2 aromatic heterocycles. The van der Waals surface area contributed by atoms with Gasteiger partial charge < -0.3 is 40.9 Å². The Bertz CT molecular complexity index is 1110. The van der Waals surface area contributed by atoms with Crippen molar-refractivity contribution in [2.45, 2.75) is 24.5 Å². The van der Waals surface area contributed by atoms with Crippen molar-refractivity contribution in [2.75, 3.05) is 12.3 Å². The fourth-order valence-electron chi connectivity index (χ4n) is 2.68. The van der Waals surface area contributed by atoms with E-state index in [9.17, 15) is 23.7 Å². The van der Waals surface area contributed by atoms with Gasteiger partial charge in [-0.2, -0.15) is 8.62 Å². The number of aliphatic hydroxyl groups is 1. The number of rotatable bonds is 8. The van der Waals surface area contributed by atoms with E-state index >= 15 is 0 Å². The number of fused-ring (bicyclic) bond motifs is 1. The van der Waals surface area contributed by atoms with Crippen LogP contribution in [-0.4, -0.2) is 69.1 Å². The topological polar surface area (TPSA) is 285 Å². The lowest BCUT2D eigenvalue weighted by molar-refractivity contribution is -0.0428. The molecule has 3 heterocycles. The fourth-order valence-corrected chi connectivity index (χ4v) is 5.71. The smallest absolute Gasteiger partial charge is 0.389 e. The van der Waals surface area contributed by atoms with Crippen LogP contribution in [0.5, 0.6) is 0 Å². The van der Waals surface area contributed by atoms with E-state index in [-0.39, 0.29) is 17.0 Å². The average molecular weight is 506 g/mol. The Morgan fingerprint density at radius 1 is 1.10 bits per heavy atom. The number of nitrogens with two attached hydrogens (primary N) is 2. The molecule has 1 saturated heterocycles. The molecule has 18 nitrogen and oxygen atoms in total. The molecule has 6 atom stereocenters. The molecular formula is C10H17N6O12P3. The molecule has 1 aliphatic heterocycles. The van der Waals surface area contributed by atoms with Crippen molar-refractivity contribution >= 4 is 40.4 Å². The summed E-state index contributed by atoms with van der Waals surface area (Å²) in [4.78, 5) is 47.5. The number of imidazole rings is 1. The molecule has 0 aromatic carbocycles. The first-order valence-electron chi connectivity index (χ1n) is 7.99. The van der Waals surface area contributed by atoms with Crippen LogP contribution in [0.1, 0.15) is 6.23 Å². The van der Waals surface area contributed by atoms with Crippen LogP contribution in [-0.2, 0) is 31.6 Å². The number of ether oxygens (including phenoxy) is 1. The van der Waals surface area contributed by atoms with Gasteiger partial charge in [-0.05, 0) is 0 Å². The van der Waals surface area contributed by atoms with Gasteiger partial charge in [-0.3, -0.25) is 9.09 Å². The number of anilines is 1. The highest BCUT2D eigenvalue weighted by molar-refractivity contribution is 7.66. The summed E-state index contributed by atoms with van der Waals surface area (Å²) in [5, 5.41) is 10.3. The second-order valence-corrected chi connectivity index (χ2v) is 10.5.